The lowest BCUT2D eigenvalue weighted by Gasteiger charge is -2.10. The second-order valence-electron chi connectivity index (χ2n) is 5.41. The van der Waals surface area contributed by atoms with Gasteiger partial charge in [0.1, 0.15) is 6.33 Å². The minimum atomic E-state index is -0.0620. The van der Waals surface area contributed by atoms with E-state index < -0.39 is 0 Å². The van der Waals surface area contributed by atoms with Gasteiger partial charge in [-0.1, -0.05) is 6.07 Å². The molecule has 1 amide bonds. The molecule has 0 bridgehead atoms. The number of carbonyl (C=O) groups excluding carboxylic acids is 1. The van der Waals surface area contributed by atoms with E-state index in [1.54, 1.807) is 16.6 Å². The number of aryl methyl sites for hydroxylation is 2. The molecule has 0 atom stereocenters. The number of anilines is 2. The minimum absolute atomic E-state index is 0.0620. The van der Waals surface area contributed by atoms with Crippen molar-refractivity contribution in [2.75, 3.05) is 11.1 Å². The fourth-order valence-electron chi connectivity index (χ4n) is 2.60. The van der Waals surface area contributed by atoms with E-state index in [2.05, 4.69) is 20.4 Å². The highest BCUT2D eigenvalue weighted by Crippen LogP contribution is 2.16. The van der Waals surface area contributed by atoms with E-state index in [1.807, 2.05) is 26.0 Å². The summed E-state index contributed by atoms with van der Waals surface area (Å²) in [6.45, 7) is 3.88. The van der Waals surface area contributed by atoms with Crippen LogP contribution in [0.25, 0.3) is 5.78 Å². The molecule has 0 saturated heterocycles. The van der Waals surface area contributed by atoms with Crippen LogP contribution >= 0.6 is 0 Å². The fourth-order valence-corrected chi connectivity index (χ4v) is 2.60. The molecule has 23 heavy (non-hydrogen) atoms. The van der Waals surface area contributed by atoms with Gasteiger partial charge in [0, 0.05) is 29.2 Å². The van der Waals surface area contributed by atoms with Crippen molar-refractivity contribution in [2.45, 2.75) is 26.7 Å². The summed E-state index contributed by atoms with van der Waals surface area (Å²) in [7, 11) is 0. The van der Waals surface area contributed by atoms with Gasteiger partial charge in [0.05, 0.1) is 0 Å². The molecule has 0 saturated carbocycles. The monoisotopic (exact) mass is 310 g/mol. The lowest BCUT2D eigenvalue weighted by molar-refractivity contribution is -0.116. The summed E-state index contributed by atoms with van der Waals surface area (Å²) < 4.78 is 1.69. The summed E-state index contributed by atoms with van der Waals surface area (Å²) in [5.41, 5.74) is 9.88. The third kappa shape index (κ3) is 3.13. The number of fused-ring (bicyclic) bond motifs is 1. The fraction of sp³-hybridized carbons (Fsp3) is 0.250. The van der Waals surface area contributed by atoms with Crippen LogP contribution in [0.3, 0.4) is 0 Å². The van der Waals surface area contributed by atoms with E-state index in [0.29, 0.717) is 30.0 Å². The van der Waals surface area contributed by atoms with Gasteiger partial charge in [-0.25, -0.2) is 9.50 Å². The van der Waals surface area contributed by atoms with Crippen LogP contribution < -0.4 is 11.1 Å². The largest absolute Gasteiger partial charge is 0.399 e. The number of aromatic nitrogens is 4. The van der Waals surface area contributed by atoms with Gasteiger partial charge >= 0.3 is 0 Å². The topological polar surface area (TPSA) is 98.2 Å². The van der Waals surface area contributed by atoms with Crippen molar-refractivity contribution in [3.8, 4) is 0 Å². The van der Waals surface area contributed by atoms with Crippen LogP contribution in [0.4, 0.5) is 11.4 Å². The molecular weight excluding hydrogens is 292 g/mol. The molecule has 3 aromatic rings. The van der Waals surface area contributed by atoms with Crippen LogP contribution in [0, 0.1) is 13.8 Å². The SMILES string of the molecule is Cc1nc2ncnn2c(C)c1CCC(=O)Nc1cccc(N)c1. The minimum Gasteiger partial charge on any atom is -0.399 e. The first-order valence-corrected chi connectivity index (χ1v) is 7.36. The molecule has 7 nitrogen and oxygen atoms in total. The van der Waals surface area contributed by atoms with Gasteiger partial charge in [0.25, 0.3) is 5.78 Å². The Morgan fingerprint density at radius 3 is 2.96 bits per heavy atom. The molecule has 0 aliphatic heterocycles. The first-order chi connectivity index (χ1) is 11.0. The summed E-state index contributed by atoms with van der Waals surface area (Å²) in [5, 5.41) is 7.00. The quantitative estimate of drug-likeness (QED) is 0.717. The van der Waals surface area contributed by atoms with E-state index in [-0.39, 0.29) is 5.91 Å². The van der Waals surface area contributed by atoms with Gasteiger partial charge in [-0.15, -0.1) is 0 Å². The molecule has 0 aliphatic rings. The molecule has 7 heteroatoms. The lowest BCUT2D eigenvalue weighted by atomic mass is 10.1. The van der Waals surface area contributed by atoms with Crippen molar-refractivity contribution in [1.82, 2.24) is 19.6 Å². The molecule has 0 radical (unpaired) electrons. The highest BCUT2D eigenvalue weighted by atomic mass is 16.1. The number of carbonyl (C=O) groups is 1. The summed E-state index contributed by atoms with van der Waals surface area (Å²) in [5.74, 6) is 0.515. The first-order valence-electron chi connectivity index (χ1n) is 7.36. The number of nitrogens with two attached hydrogens (primary N) is 1. The van der Waals surface area contributed by atoms with Crippen LogP contribution in [-0.4, -0.2) is 25.5 Å². The predicted octanol–water partition coefficient (Wildman–Crippen LogP) is 1.89. The summed E-state index contributed by atoms with van der Waals surface area (Å²) >= 11 is 0. The highest BCUT2D eigenvalue weighted by molar-refractivity contribution is 5.91. The van der Waals surface area contributed by atoms with Gasteiger partial charge in [0.15, 0.2) is 0 Å². The maximum atomic E-state index is 12.1. The van der Waals surface area contributed by atoms with Crippen molar-refractivity contribution in [2.24, 2.45) is 0 Å². The average Bonchev–Trinajstić information content (AvgIpc) is 2.95. The molecule has 3 N–H and O–H groups in total. The van der Waals surface area contributed by atoms with Crippen LogP contribution in [-0.2, 0) is 11.2 Å². The molecule has 0 fully saturated rings. The third-order valence-electron chi connectivity index (χ3n) is 3.76. The third-order valence-corrected chi connectivity index (χ3v) is 3.76. The van der Waals surface area contributed by atoms with E-state index >= 15 is 0 Å². The van der Waals surface area contributed by atoms with Crippen molar-refractivity contribution < 1.29 is 4.79 Å². The summed E-state index contributed by atoms with van der Waals surface area (Å²) in [6.07, 6.45) is 2.43. The zero-order valence-electron chi connectivity index (χ0n) is 13.1. The molecule has 0 aliphatic carbocycles. The van der Waals surface area contributed by atoms with Gasteiger partial charge in [0.2, 0.25) is 5.91 Å². The maximum absolute atomic E-state index is 12.1. The van der Waals surface area contributed by atoms with Crippen LogP contribution in [0.1, 0.15) is 23.4 Å². The second kappa shape index (κ2) is 6.04. The zero-order chi connectivity index (χ0) is 16.4. The summed E-state index contributed by atoms with van der Waals surface area (Å²) in [4.78, 5) is 20.6. The average molecular weight is 310 g/mol. The Balaban J connectivity index is 1.72. The molecule has 3 rings (SSSR count). The Labute approximate surface area is 133 Å². The maximum Gasteiger partial charge on any atom is 0.252 e. The Hall–Kier alpha value is -2.96. The Morgan fingerprint density at radius 2 is 2.17 bits per heavy atom. The molecule has 1 aromatic carbocycles. The van der Waals surface area contributed by atoms with E-state index in [4.69, 9.17) is 5.73 Å². The standard InChI is InChI=1S/C16H18N6O/c1-10-14(11(2)22-16(20-10)18-9-19-22)6-7-15(23)21-13-5-3-4-12(17)8-13/h3-5,8-9H,6-7,17H2,1-2H3,(H,21,23). The zero-order valence-corrected chi connectivity index (χ0v) is 13.1. The van der Waals surface area contributed by atoms with E-state index in [1.165, 1.54) is 6.33 Å². The molecular formula is C16H18N6O. The van der Waals surface area contributed by atoms with Crippen molar-refractivity contribution in [3.05, 3.63) is 47.5 Å². The second-order valence-corrected chi connectivity index (χ2v) is 5.41. The number of hydrogen-bond acceptors (Lipinski definition) is 5. The number of benzene rings is 1. The Kier molecular flexibility index (Phi) is 3.92. The van der Waals surface area contributed by atoms with Crippen LogP contribution in [0.2, 0.25) is 0 Å². The van der Waals surface area contributed by atoms with Crippen LogP contribution in [0.5, 0.6) is 0 Å². The van der Waals surface area contributed by atoms with E-state index in [0.717, 1.165) is 17.0 Å². The van der Waals surface area contributed by atoms with Crippen molar-refractivity contribution in [1.29, 1.82) is 0 Å². The molecule has 0 unspecified atom stereocenters. The number of hydrogen-bond donors (Lipinski definition) is 2. The van der Waals surface area contributed by atoms with Crippen molar-refractivity contribution in [3.63, 3.8) is 0 Å². The Bertz CT molecular complexity index is 870. The smallest absolute Gasteiger partial charge is 0.252 e. The number of rotatable bonds is 4. The normalized spacial score (nSPS) is 10.9. The Morgan fingerprint density at radius 1 is 1.35 bits per heavy atom. The van der Waals surface area contributed by atoms with Gasteiger partial charge in [-0.3, -0.25) is 4.79 Å². The van der Waals surface area contributed by atoms with E-state index in [9.17, 15) is 4.79 Å². The highest BCUT2D eigenvalue weighted by Gasteiger charge is 2.12. The van der Waals surface area contributed by atoms with Crippen LogP contribution in [0.15, 0.2) is 30.6 Å². The first kappa shape index (κ1) is 15.0. The van der Waals surface area contributed by atoms with Gasteiger partial charge < -0.3 is 11.1 Å². The number of nitrogen functional groups attached to an aromatic ring is 1. The van der Waals surface area contributed by atoms with Gasteiger partial charge in [-0.2, -0.15) is 10.1 Å². The summed E-state index contributed by atoms with van der Waals surface area (Å²) in [6, 6.07) is 7.13. The molecule has 2 aromatic heterocycles. The molecule has 118 valence electrons. The van der Waals surface area contributed by atoms with Gasteiger partial charge in [-0.05, 0) is 44.0 Å². The molecule has 2 heterocycles. The lowest BCUT2D eigenvalue weighted by Crippen LogP contribution is -2.14. The number of amides is 1. The number of nitrogens with one attached hydrogen (secondary N) is 1. The number of nitrogens with zero attached hydrogens (tertiary/aromatic N) is 4. The van der Waals surface area contributed by atoms with Crippen molar-refractivity contribution >= 4 is 23.1 Å². The predicted molar refractivity (Wildman–Crippen MR) is 88.1 cm³/mol. The molecule has 0 spiro atoms.